The monoisotopic (exact) mass is 388 g/mol. The second-order valence-electron chi connectivity index (χ2n) is 5.35. The van der Waals surface area contributed by atoms with Crippen molar-refractivity contribution >= 4 is 44.9 Å². The number of esters is 1. The lowest BCUT2D eigenvalue weighted by Gasteiger charge is -2.02. The number of hydrogen-bond acceptors (Lipinski definition) is 7. The van der Waals surface area contributed by atoms with Crippen molar-refractivity contribution in [2.45, 2.75) is 12.1 Å². The molecule has 0 amide bonds. The van der Waals surface area contributed by atoms with Crippen LogP contribution in [0.15, 0.2) is 41.1 Å². The molecule has 9 heteroatoms. The fraction of sp³-hybridized carbons (Fsp3) is 0.176. The van der Waals surface area contributed by atoms with E-state index in [1.54, 1.807) is 29.8 Å². The summed E-state index contributed by atoms with van der Waals surface area (Å²) in [7, 11) is 0. The van der Waals surface area contributed by atoms with E-state index in [9.17, 15) is 9.18 Å². The number of carbonyl (C=O) groups is 1. The van der Waals surface area contributed by atoms with Gasteiger partial charge in [-0.3, -0.25) is 9.20 Å². The van der Waals surface area contributed by atoms with E-state index in [0.717, 1.165) is 21.3 Å². The van der Waals surface area contributed by atoms with Crippen molar-refractivity contribution in [3.8, 4) is 11.1 Å². The Bertz CT molecular complexity index is 1090. The first-order valence-corrected chi connectivity index (χ1v) is 9.69. The van der Waals surface area contributed by atoms with E-state index in [1.807, 2.05) is 5.38 Å². The van der Waals surface area contributed by atoms with Crippen LogP contribution in [0.25, 0.3) is 27.0 Å². The van der Waals surface area contributed by atoms with Crippen molar-refractivity contribution in [1.82, 2.24) is 19.6 Å². The third-order valence-electron chi connectivity index (χ3n) is 3.73. The van der Waals surface area contributed by atoms with Gasteiger partial charge >= 0.3 is 5.97 Å². The predicted molar refractivity (Wildman–Crippen MR) is 98.9 cm³/mol. The number of thiophene rings is 1. The predicted octanol–water partition coefficient (Wildman–Crippen LogP) is 3.80. The number of ether oxygens (including phenoxy) is 1. The van der Waals surface area contributed by atoms with Crippen LogP contribution in [-0.2, 0) is 9.53 Å². The van der Waals surface area contributed by atoms with Gasteiger partial charge in [-0.2, -0.15) is 0 Å². The Balaban J connectivity index is 1.76. The molecule has 6 nitrogen and oxygen atoms in total. The Kier molecular flexibility index (Phi) is 4.56. The number of fused-ring (bicyclic) bond motifs is 3. The zero-order valence-electron chi connectivity index (χ0n) is 13.7. The summed E-state index contributed by atoms with van der Waals surface area (Å²) >= 11 is 2.74. The second-order valence-corrected chi connectivity index (χ2v) is 7.15. The van der Waals surface area contributed by atoms with Crippen LogP contribution in [0.4, 0.5) is 4.39 Å². The van der Waals surface area contributed by atoms with Gasteiger partial charge in [-0.1, -0.05) is 23.9 Å². The first-order chi connectivity index (χ1) is 12.7. The summed E-state index contributed by atoms with van der Waals surface area (Å²) in [6, 6.07) is 6.31. The van der Waals surface area contributed by atoms with Crippen molar-refractivity contribution in [3.05, 3.63) is 41.8 Å². The minimum absolute atomic E-state index is 0.154. The minimum atomic E-state index is -0.300. The SMILES string of the molecule is CCOC(=O)CSc1nnc2c3c(-c4ccc(F)cc4)csc3ncn12. The third kappa shape index (κ3) is 3.04. The molecule has 1 aromatic carbocycles. The van der Waals surface area contributed by atoms with E-state index in [1.165, 1.54) is 35.2 Å². The zero-order valence-corrected chi connectivity index (χ0v) is 15.3. The van der Waals surface area contributed by atoms with Crippen LogP contribution in [0.3, 0.4) is 0 Å². The lowest BCUT2D eigenvalue weighted by molar-refractivity contribution is -0.139. The average molecular weight is 388 g/mol. The topological polar surface area (TPSA) is 69.4 Å². The molecule has 0 unspecified atom stereocenters. The van der Waals surface area contributed by atoms with E-state index in [4.69, 9.17) is 4.74 Å². The molecule has 0 aliphatic heterocycles. The van der Waals surface area contributed by atoms with Gasteiger partial charge < -0.3 is 4.74 Å². The van der Waals surface area contributed by atoms with Gasteiger partial charge in [0.1, 0.15) is 17.0 Å². The number of thioether (sulfide) groups is 1. The Labute approximate surface area is 156 Å². The Morgan fingerprint density at radius 2 is 2.12 bits per heavy atom. The molecule has 4 aromatic rings. The Hall–Kier alpha value is -2.52. The van der Waals surface area contributed by atoms with Gasteiger partial charge in [0, 0.05) is 10.9 Å². The molecule has 0 spiro atoms. The number of rotatable bonds is 5. The molecular formula is C17H13FN4O2S2. The maximum atomic E-state index is 13.2. The van der Waals surface area contributed by atoms with Crippen LogP contribution >= 0.6 is 23.1 Å². The molecule has 0 atom stereocenters. The molecule has 132 valence electrons. The quantitative estimate of drug-likeness (QED) is 0.383. The summed E-state index contributed by atoms with van der Waals surface area (Å²) in [5, 5.41) is 11.9. The van der Waals surface area contributed by atoms with Crippen LogP contribution < -0.4 is 0 Å². The molecule has 0 aliphatic carbocycles. The van der Waals surface area contributed by atoms with E-state index < -0.39 is 0 Å². The first-order valence-electron chi connectivity index (χ1n) is 7.82. The minimum Gasteiger partial charge on any atom is -0.465 e. The molecule has 0 aliphatic rings. The van der Waals surface area contributed by atoms with Crippen LogP contribution in [-0.4, -0.2) is 37.9 Å². The maximum Gasteiger partial charge on any atom is 0.316 e. The molecule has 3 heterocycles. The van der Waals surface area contributed by atoms with Crippen molar-refractivity contribution in [1.29, 1.82) is 0 Å². The number of halogens is 1. The number of hydrogen-bond donors (Lipinski definition) is 0. The van der Waals surface area contributed by atoms with E-state index in [2.05, 4.69) is 15.2 Å². The van der Waals surface area contributed by atoms with Gasteiger partial charge in [-0.05, 0) is 24.6 Å². The number of benzene rings is 1. The zero-order chi connectivity index (χ0) is 18.1. The van der Waals surface area contributed by atoms with Crippen LogP contribution in [0.2, 0.25) is 0 Å². The summed E-state index contributed by atoms with van der Waals surface area (Å²) < 4.78 is 19.9. The fourth-order valence-electron chi connectivity index (χ4n) is 2.59. The van der Waals surface area contributed by atoms with Gasteiger partial charge in [-0.15, -0.1) is 21.5 Å². The third-order valence-corrected chi connectivity index (χ3v) is 5.53. The highest BCUT2D eigenvalue weighted by Gasteiger charge is 2.17. The summed E-state index contributed by atoms with van der Waals surface area (Å²) in [5.41, 5.74) is 2.47. The van der Waals surface area contributed by atoms with E-state index in [-0.39, 0.29) is 17.5 Å². The highest BCUT2D eigenvalue weighted by atomic mass is 32.2. The van der Waals surface area contributed by atoms with Gasteiger partial charge in [0.15, 0.2) is 10.8 Å². The van der Waals surface area contributed by atoms with Crippen molar-refractivity contribution in [3.63, 3.8) is 0 Å². The number of nitrogens with zero attached hydrogens (tertiary/aromatic N) is 4. The molecular weight excluding hydrogens is 375 g/mol. The standard InChI is InChI=1S/C17H13FN4O2S2/c1-2-24-13(23)8-26-17-21-20-15-14-12(10-3-5-11(18)6-4-10)7-25-16(14)19-9-22(15)17/h3-7,9H,2,8H2,1H3. The Morgan fingerprint density at radius 3 is 2.88 bits per heavy atom. The summed E-state index contributed by atoms with van der Waals surface area (Å²) in [6.07, 6.45) is 1.65. The molecule has 26 heavy (non-hydrogen) atoms. The molecule has 0 bridgehead atoms. The van der Waals surface area contributed by atoms with Crippen LogP contribution in [0.1, 0.15) is 6.92 Å². The molecule has 0 saturated heterocycles. The number of aromatic nitrogens is 4. The van der Waals surface area contributed by atoms with Gasteiger partial charge in [0.25, 0.3) is 0 Å². The summed E-state index contributed by atoms with van der Waals surface area (Å²) in [5.74, 6) is -0.427. The van der Waals surface area contributed by atoms with Crippen LogP contribution in [0, 0.1) is 5.82 Å². The van der Waals surface area contributed by atoms with Gasteiger partial charge in [-0.25, -0.2) is 9.37 Å². The Morgan fingerprint density at radius 1 is 1.31 bits per heavy atom. The normalized spacial score (nSPS) is 11.3. The molecule has 0 N–H and O–H groups in total. The van der Waals surface area contributed by atoms with Crippen molar-refractivity contribution in [2.24, 2.45) is 0 Å². The van der Waals surface area contributed by atoms with E-state index in [0.29, 0.717) is 17.4 Å². The average Bonchev–Trinajstić information content (AvgIpc) is 3.24. The second kappa shape index (κ2) is 7.00. The molecule has 3 aromatic heterocycles. The molecule has 0 saturated carbocycles. The van der Waals surface area contributed by atoms with E-state index >= 15 is 0 Å². The molecule has 4 rings (SSSR count). The fourth-order valence-corrected chi connectivity index (χ4v) is 4.20. The first kappa shape index (κ1) is 16.9. The lowest BCUT2D eigenvalue weighted by atomic mass is 10.1. The highest BCUT2D eigenvalue weighted by Crippen LogP contribution is 2.35. The summed E-state index contributed by atoms with van der Waals surface area (Å²) in [6.45, 7) is 2.11. The highest BCUT2D eigenvalue weighted by molar-refractivity contribution is 7.99. The molecule has 0 fully saturated rings. The van der Waals surface area contributed by atoms with Gasteiger partial charge in [0.05, 0.1) is 17.7 Å². The van der Waals surface area contributed by atoms with Crippen molar-refractivity contribution in [2.75, 3.05) is 12.4 Å². The van der Waals surface area contributed by atoms with Crippen molar-refractivity contribution < 1.29 is 13.9 Å². The summed E-state index contributed by atoms with van der Waals surface area (Å²) in [4.78, 5) is 16.9. The maximum absolute atomic E-state index is 13.2. The molecule has 0 radical (unpaired) electrons. The van der Waals surface area contributed by atoms with Gasteiger partial charge in [0.2, 0.25) is 0 Å². The number of carbonyl (C=O) groups excluding carboxylic acids is 1. The largest absolute Gasteiger partial charge is 0.465 e. The smallest absolute Gasteiger partial charge is 0.316 e. The van der Waals surface area contributed by atoms with Crippen LogP contribution in [0.5, 0.6) is 0 Å². The lowest BCUT2D eigenvalue weighted by Crippen LogP contribution is -2.07.